The highest BCUT2D eigenvalue weighted by atomic mass is 16.4. The number of aliphatic hydroxyl groups is 2. The molecule has 2 unspecified atom stereocenters. The van der Waals surface area contributed by atoms with Crippen LogP contribution in [-0.4, -0.2) is 33.5 Å². The van der Waals surface area contributed by atoms with Crippen molar-refractivity contribution in [3.63, 3.8) is 0 Å². The lowest BCUT2D eigenvalue weighted by atomic mass is 10.0. The first-order valence-electron chi connectivity index (χ1n) is 8.48. The van der Waals surface area contributed by atoms with E-state index in [4.69, 9.17) is 5.11 Å². The van der Waals surface area contributed by atoms with Crippen molar-refractivity contribution in [2.75, 3.05) is 0 Å². The van der Waals surface area contributed by atoms with Crippen LogP contribution in [0.5, 0.6) is 0 Å². The van der Waals surface area contributed by atoms with Gasteiger partial charge in [0.15, 0.2) is 0 Å². The molecule has 0 aliphatic carbocycles. The van der Waals surface area contributed by atoms with E-state index in [0.717, 1.165) is 31.8 Å². The van der Waals surface area contributed by atoms with Crippen LogP contribution in [0.15, 0.2) is 60.8 Å². The lowest BCUT2D eigenvalue weighted by molar-refractivity contribution is -0.131. The quantitative estimate of drug-likeness (QED) is 0.271. The number of carbonyl (C=O) groups is 1. The predicted molar refractivity (Wildman–Crippen MR) is 98.7 cm³/mol. The standard InChI is InChI=1S/C20H30O4/c1-2-18(21)16-17-19(22)14-12-10-8-6-4-3-5-7-9-11-13-15-20(23)24/h3-9,11,13,15,18-19,21-22H,2,10,12,14,16-17H2,1H3,(H,23,24). The molecular formula is C20H30O4. The molecule has 0 aromatic heterocycles. The van der Waals surface area contributed by atoms with E-state index in [0.29, 0.717) is 12.8 Å². The second-order valence-corrected chi connectivity index (χ2v) is 5.50. The molecule has 24 heavy (non-hydrogen) atoms. The zero-order valence-corrected chi connectivity index (χ0v) is 14.4. The molecule has 0 bridgehead atoms. The average molecular weight is 334 g/mol. The van der Waals surface area contributed by atoms with Crippen molar-refractivity contribution in [3.8, 4) is 0 Å². The maximum atomic E-state index is 10.2. The molecule has 134 valence electrons. The van der Waals surface area contributed by atoms with Gasteiger partial charge in [-0.05, 0) is 38.5 Å². The van der Waals surface area contributed by atoms with Gasteiger partial charge in [-0.2, -0.15) is 0 Å². The fourth-order valence-electron chi connectivity index (χ4n) is 1.90. The fourth-order valence-corrected chi connectivity index (χ4v) is 1.90. The van der Waals surface area contributed by atoms with Gasteiger partial charge in [0.05, 0.1) is 12.2 Å². The average Bonchev–Trinajstić information content (AvgIpc) is 2.56. The minimum absolute atomic E-state index is 0.291. The van der Waals surface area contributed by atoms with Gasteiger partial charge in [-0.1, -0.05) is 61.6 Å². The Morgan fingerprint density at radius 2 is 1.38 bits per heavy atom. The Hall–Kier alpha value is -1.91. The Bertz CT molecular complexity index is 458. The number of hydrogen-bond acceptors (Lipinski definition) is 3. The third-order valence-electron chi connectivity index (χ3n) is 3.37. The molecule has 0 aromatic carbocycles. The largest absolute Gasteiger partial charge is 0.478 e. The molecule has 0 rings (SSSR count). The normalized spacial score (nSPS) is 15.5. The van der Waals surface area contributed by atoms with Gasteiger partial charge in [0.1, 0.15) is 0 Å². The van der Waals surface area contributed by atoms with Gasteiger partial charge in [0.25, 0.3) is 0 Å². The van der Waals surface area contributed by atoms with Gasteiger partial charge < -0.3 is 15.3 Å². The van der Waals surface area contributed by atoms with Crippen molar-refractivity contribution >= 4 is 5.97 Å². The van der Waals surface area contributed by atoms with Crippen LogP contribution in [0.3, 0.4) is 0 Å². The molecule has 0 amide bonds. The van der Waals surface area contributed by atoms with Crippen molar-refractivity contribution < 1.29 is 20.1 Å². The number of carboxylic acid groups (broad SMARTS) is 1. The first-order chi connectivity index (χ1) is 11.6. The summed E-state index contributed by atoms with van der Waals surface area (Å²) >= 11 is 0. The minimum atomic E-state index is -0.959. The molecule has 0 aromatic rings. The highest BCUT2D eigenvalue weighted by molar-refractivity contribution is 5.80. The maximum Gasteiger partial charge on any atom is 0.328 e. The summed E-state index contributed by atoms with van der Waals surface area (Å²) in [4.78, 5) is 10.2. The van der Waals surface area contributed by atoms with E-state index >= 15 is 0 Å². The first kappa shape index (κ1) is 22.1. The van der Waals surface area contributed by atoms with E-state index in [1.807, 2.05) is 37.3 Å². The van der Waals surface area contributed by atoms with Crippen molar-refractivity contribution in [1.82, 2.24) is 0 Å². The highest BCUT2D eigenvalue weighted by Gasteiger charge is 2.06. The topological polar surface area (TPSA) is 77.8 Å². The molecule has 4 nitrogen and oxygen atoms in total. The third kappa shape index (κ3) is 16.5. The molecule has 0 heterocycles. The SMILES string of the molecule is CCC(O)CCC(O)CCCC=CC=CC=CC=CC=CC(=O)O. The molecule has 0 spiro atoms. The molecule has 0 aliphatic rings. The Morgan fingerprint density at radius 3 is 1.96 bits per heavy atom. The zero-order chi connectivity index (χ0) is 18.0. The van der Waals surface area contributed by atoms with E-state index in [2.05, 4.69) is 6.08 Å². The van der Waals surface area contributed by atoms with Crippen LogP contribution in [0.2, 0.25) is 0 Å². The fraction of sp³-hybridized carbons (Fsp3) is 0.450. The van der Waals surface area contributed by atoms with Crippen LogP contribution >= 0.6 is 0 Å². The molecule has 0 radical (unpaired) electrons. The minimum Gasteiger partial charge on any atom is -0.478 e. The molecule has 0 aliphatic heterocycles. The number of allylic oxidation sites excluding steroid dienone is 9. The summed E-state index contributed by atoms with van der Waals surface area (Å²) in [6, 6.07) is 0. The number of rotatable bonds is 13. The molecular weight excluding hydrogens is 304 g/mol. The Labute approximate surface area is 145 Å². The van der Waals surface area contributed by atoms with E-state index < -0.39 is 5.97 Å². The molecule has 4 heteroatoms. The van der Waals surface area contributed by atoms with Crippen LogP contribution in [0.4, 0.5) is 0 Å². The summed E-state index contributed by atoms with van der Waals surface area (Å²) in [6.45, 7) is 1.94. The summed E-state index contributed by atoms with van der Waals surface area (Å²) in [5, 5.41) is 27.6. The summed E-state index contributed by atoms with van der Waals surface area (Å²) in [5.74, 6) is -0.959. The van der Waals surface area contributed by atoms with Crippen LogP contribution < -0.4 is 0 Å². The smallest absolute Gasteiger partial charge is 0.328 e. The zero-order valence-electron chi connectivity index (χ0n) is 14.4. The summed E-state index contributed by atoms with van der Waals surface area (Å²) in [5.41, 5.74) is 0. The Balaban J connectivity index is 3.69. The number of carboxylic acids is 1. The predicted octanol–water partition coefficient (Wildman–Crippen LogP) is 3.93. The van der Waals surface area contributed by atoms with Crippen molar-refractivity contribution in [2.24, 2.45) is 0 Å². The number of hydrogen-bond donors (Lipinski definition) is 3. The van der Waals surface area contributed by atoms with Crippen molar-refractivity contribution in [1.29, 1.82) is 0 Å². The lowest BCUT2D eigenvalue weighted by Crippen LogP contribution is -2.12. The second kappa shape index (κ2) is 16.0. The second-order valence-electron chi connectivity index (χ2n) is 5.50. The number of aliphatic hydroxyl groups excluding tert-OH is 2. The van der Waals surface area contributed by atoms with E-state index in [1.54, 1.807) is 12.2 Å². The van der Waals surface area contributed by atoms with Gasteiger partial charge in [0.2, 0.25) is 0 Å². The van der Waals surface area contributed by atoms with Crippen molar-refractivity contribution in [3.05, 3.63) is 60.8 Å². The van der Waals surface area contributed by atoms with Crippen LogP contribution in [-0.2, 0) is 4.79 Å². The monoisotopic (exact) mass is 334 g/mol. The van der Waals surface area contributed by atoms with Gasteiger partial charge in [-0.3, -0.25) is 0 Å². The van der Waals surface area contributed by atoms with Gasteiger partial charge in [0, 0.05) is 6.08 Å². The molecule has 0 fully saturated rings. The summed E-state index contributed by atoms with van der Waals surface area (Å²) in [7, 11) is 0. The van der Waals surface area contributed by atoms with E-state index in [1.165, 1.54) is 6.08 Å². The molecule has 0 saturated carbocycles. The lowest BCUT2D eigenvalue weighted by Gasteiger charge is -2.12. The van der Waals surface area contributed by atoms with E-state index in [9.17, 15) is 15.0 Å². The first-order valence-corrected chi connectivity index (χ1v) is 8.48. The molecule has 0 saturated heterocycles. The maximum absolute atomic E-state index is 10.2. The van der Waals surface area contributed by atoms with Crippen LogP contribution in [0, 0.1) is 0 Å². The van der Waals surface area contributed by atoms with Gasteiger partial charge in [-0.15, -0.1) is 0 Å². The third-order valence-corrected chi connectivity index (χ3v) is 3.37. The van der Waals surface area contributed by atoms with Gasteiger partial charge in [-0.25, -0.2) is 4.79 Å². The van der Waals surface area contributed by atoms with Crippen LogP contribution in [0.1, 0.15) is 45.4 Å². The Kier molecular flexibility index (Phi) is 14.7. The Morgan fingerprint density at radius 1 is 0.833 bits per heavy atom. The van der Waals surface area contributed by atoms with Crippen molar-refractivity contribution in [2.45, 2.75) is 57.7 Å². The summed E-state index contributed by atoms with van der Waals surface area (Å²) in [6.07, 6.45) is 21.5. The summed E-state index contributed by atoms with van der Waals surface area (Å²) < 4.78 is 0. The van der Waals surface area contributed by atoms with Crippen LogP contribution in [0.25, 0.3) is 0 Å². The number of aliphatic carboxylic acids is 1. The van der Waals surface area contributed by atoms with E-state index in [-0.39, 0.29) is 12.2 Å². The number of unbranched alkanes of at least 4 members (excludes halogenated alkanes) is 1. The highest BCUT2D eigenvalue weighted by Crippen LogP contribution is 2.10. The molecule has 2 atom stereocenters. The molecule has 3 N–H and O–H groups in total. The van der Waals surface area contributed by atoms with Gasteiger partial charge >= 0.3 is 5.97 Å².